The first kappa shape index (κ1) is 38.4. The van der Waals surface area contributed by atoms with E-state index in [-0.39, 0.29) is 106 Å². The average Bonchev–Trinajstić information content (AvgIpc) is 2.28. The molecule has 0 fully saturated rings. The molecule has 0 atom stereocenters. The Balaban J connectivity index is -0.000000367. The van der Waals surface area contributed by atoms with Crippen LogP contribution in [0.4, 0.5) is 0 Å². The third-order valence-corrected chi connectivity index (χ3v) is 3.89. The first-order valence-electron chi connectivity index (χ1n) is 8.08. The van der Waals surface area contributed by atoms with Gasteiger partial charge in [-0.25, -0.2) is 0 Å². The fourth-order valence-corrected chi connectivity index (χ4v) is 2.64. The number of rotatable bonds is 13. The van der Waals surface area contributed by atoms with E-state index in [1.54, 1.807) is 0 Å². The van der Waals surface area contributed by atoms with Gasteiger partial charge in [0.1, 0.15) is 13.1 Å². The van der Waals surface area contributed by atoms with Crippen molar-refractivity contribution in [1.29, 1.82) is 0 Å². The second-order valence-corrected chi connectivity index (χ2v) is 7.50. The molecule has 0 unspecified atom stereocenters. The van der Waals surface area contributed by atoms with Crippen LogP contribution in [0.5, 0.6) is 0 Å². The summed E-state index contributed by atoms with van der Waals surface area (Å²) in [5.41, 5.74) is 0. The van der Waals surface area contributed by atoms with Crippen molar-refractivity contribution in [2.75, 3.05) is 54.4 Å². The van der Waals surface area contributed by atoms with Crippen LogP contribution < -0.4 is 103 Å². The van der Waals surface area contributed by atoms with E-state index in [4.69, 9.17) is 0 Å². The van der Waals surface area contributed by atoms with Crippen molar-refractivity contribution in [3.05, 3.63) is 0 Å². The summed E-state index contributed by atoms with van der Waals surface area (Å²) in [4.78, 5) is 21.2. The zero-order chi connectivity index (χ0) is 17.2. The monoisotopic (exact) mass is 520 g/mol. The molecule has 0 aromatic carbocycles. The van der Waals surface area contributed by atoms with Crippen molar-refractivity contribution < 1.29 is 122 Å². The summed E-state index contributed by atoms with van der Waals surface area (Å²) in [6, 6.07) is 0. The molecule has 0 heterocycles. The fourth-order valence-electron chi connectivity index (χ4n) is 2.64. The molecule has 26 heavy (non-hydrogen) atoms. The number of hydrogen-bond donors (Lipinski definition) is 0. The molecule has 0 saturated carbocycles. The number of nitrogens with zero attached hydrogens (tertiary/aromatic N) is 2. The predicted octanol–water partition coefficient (Wildman–Crippen LogP) is -13.0. The van der Waals surface area contributed by atoms with Crippen molar-refractivity contribution in [3.8, 4) is 0 Å². The van der Waals surface area contributed by atoms with Crippen LogP contribution in [-0.2, 0) is 9.59 Å². The minimum absolute atomic E-state index is 0. The van der Waals surface area contributed by atoms with Crippen molar-refractivity contribution >= 4 is 11.9 Å². The van der Waals surface area contributed by atoms with Crippen LogP contribution in [-0.4, -0.2) is 75.3 Å². The topological polar surface area (TPSA) is 80.3 Å². The zero-order valence-corrected chi connectivity index (χ0v) is 24.5. The van der Waals surface area contributed by atoms with Gasteiger partial charge in [-0.3, -0.25) is 0 Å². The van der Waals surface area contributed by atoms with Gasteiger partial charge in [-0.15, -0.1) is 0 Å². The molecule has 0 aliphatic rings. The van der Waals surface area contributed by atoms with Gasteiger partial charge in [0.05, 0.1) is 53.2 Å². The number of carboxylic acids is 2. The Bertz CT molecular complexity index is 340. The molecule has 0 aromatic heterocycles. The second-order valence-electron chi connectivity index (χ2n) is 7.50. The SMILES string of the molecule is C[N+](C)(CCCCCCCC[N+](C)(C)CC(=O)[O-])CC(=O)[O-].[Br-].[Br-].[Na+].[Na+]. The first-order chi connectivity index (χ1) is 10.0. The normalized spacial score (nSPS) is 10.5. The average molecular weight is 522 g/mol. The van der Waals surface area contributed by atoms with E-state index >= 15 is 0 Å². The Morgan fingerprint density at radius 3 is 1.08 bits per heavy atom. The summed E-state index contributed by atoms with van der Waals surface area (Å²) in [6.07, 6.45) is 6.52. The summed E-state index contributed by atoms with van der Waals surface area (Å²) in [5, 5.41) is 21.2. The van der Waals surface area contributed by atoms with E-state index in [0.717, 1.165) is 51.6 Å². The molecule has 0 aliphatic heterocycles. The molecule has 10 heteroatoms. The van der Waals surface area contributed by atoms with Gasteiger partial charge in [-0.05, 0) is 25.7 Å². The maximum absolute atomic E-state index is 10.6. The van der Waals surface area contributed by atoms with Gasteiger partial charge in [0.25, 0.3) is 0 Å². The minimum Gasteiger partial charge on any atom is -1.00 e. The molecule has 0 saturated heterocycles. The summed E-state index contributed by atoms with van der Waals surface area (Å²) < 4.78 is 0.939. The maximum atomic E-state index is 10.6. The molecule has 0 bridgehead atoms. The van der Waals surface area contributed by atoms with Gasteiger partial charge in [0, 0.05) is 0 Å². The van der Waals surface area contributed by atoms with Crippen LogP contribution in [0.25, 0.3) is 0 Å². The molecule has 0 aliphatic carbocycles. The van der Waals surface area contributed by atoms with Crippen LogP contribution >= 0.6 is 0 Å². The van der Waals surface area contributed by atoms with E-state index in [1.165, 1.54) is 0 Å². The van der Waals surface area contributed by atoms with Crippen LogP contribution in [0.1, 0.15) is 38.5 Å². The number of carbonyl (C=O) groups excluding carboxylic acids is 2. The van der Waals surface area contributed by atoms with Crippen molar-refractivity contribution in [2.24, 2.45) is 0 Å². The quantitative estimate of drug-likeness (QED) is 0.137. The van der Waals surface area contributed by atoms with Crippen molar-refractivity contribution in [3.63, 3.8) is 0 Å². The Kier molecular flexibility index (Phi) is 29.7. The Hall–Kier alpha value is 1.82. The van der Waals surface area contributed by atoms with Crippen molar-refractivity contribution in [2.45, 2.75) is 38.5 Å². The Morgan fingerprint density at radius 2 is 0.846 bits per heavy atom. The zero-order valence-electron chi connectivity index (χ0n) is 17.4. The smallest absolute Gasteiger partial charge is 1.00 e. The molecule has 146 valence electrons. The van der Waals surface area contributed by atoms with Crippen LogP contribution in [0.3, 0.4) is 0 Å². The van der Waals surface area contributed by atoms with E-state index in [2.05, 4.69) is 0 Å². The largest absolute Gasteiger partial charge is 1.00 e. The number of hydrogen-bond acceptors (Lipinski definition) is 4. The minimum atomic E-state index is -0.998. The number of carbonyl (C=O) groups is 2. The van der Waals surface area contributed by atoms with Gasteiger partial charge in [-0.2, -0.15) is 0 Å². The van der Waals surface area contributed by atoms with Crippen LogP contribution in [0.15, 0.2) is 0 Å². The van der Waals surface area contributed by atoms with E-state index in [9.17, 15) is 19.8 Å². The molecule has 0 radical (unpaired) electrons. The molecule has 6 nitrogen and oxygen atoms in total. The number of unbranched alkanes of at least 4 members (excludes halogenated alkanes) is 5. The molecule has 0 spiro atoms. The Labute approximate surface area is 224 Å². The molecule has 0 amide bonds. The number of likely N-dealkylation sites (N-methyl/N-ethyl adjacent to an activating group) is 2. The molecule has 0 rings (SSSR count). The van der Waals surface area contributed by atoms with Gasteiger partial charge >= 0.3 is 59.1 Å². The van der Waals surface area contributed by atoms with Gasteiger partial charge in [-0.1, -0.05) is 12.8 Å². The Morgan fingerprint density at radius 1 is 0.615 bits per heavy atom. The number of quaternary nitrogens is 2. The predicted molar refractivity (Wildman–Crippen MR) is 81.4 cm³/mol. The van der Waals surface area contributed by atoms with Crippen LogP contribution in [0.2, 0.25) is 0 Å². The van der Waals surface area contributed by atoms with E-state index in [0.29, 0.717) is 8.97 Å². The molecular weight excluding hydrogens is 490 g/mol. The molecule has 0 N–H and O–H groups in total. The number of carboxylic acid groups (broad SMARTS) is 2. The fraction of sp³-hybridized carbons (Fsp3) is 0.875. The first-order valence-corrected chi connectivity index (χ1v) is 8.08. The summed E-state index contributed by atoms with van der Waals surface area (Å²) in [7, 11) is 7.64. The van der Waals surface area contributed by atoms with Gasteiger partial charge in [0.2, 0.25) is 0 Å². The van der Waals surface area contributed by atoms with E-state index in [1.807, 2.05) is 28.2 Å². The summed E-state index contributed by atoms with van der Waals surface area (Å²) in [5.74, 6) is -2.00. The maximum Gasteiger partial charge on any atom is 1.00 e. The third kappa shape index (κ3) is 25.8. The molecule has 0 aromatic rings. The summed E-state index contributed by atoms with van der Waals surface area (Å²) in [6.45, 7) is 1.82. The molecular formula is C16H32Br2N2Na2O4. The summed E-state index contributed by atoms with van der Waals surface area (Å²) >= 11 is 0. The van der Waals surface area contributed by atoms with Crippen LogP contribution in [0, 0.1) is 0 Å². The van der Waals surface area contributed by atoms with Gasteiger partial charge in [0.15, 0.2) is 0 Å². The third-order valence-electron chi connectivity index (χ3n) is 3.89. The standard InChI is InChI=1S/C16H32N2O4.2BrH.2Na/c1-17(2,13-15(19)20)11-9-7-5-6-8-10-12-18(3,4)14-16(21)22;;;;/h5-14H2,1-4H3;2*1H;;/q;;;2*+1/p-2. The van der Waals surface area contributed by atoms with E-state index < -0.39 is 11.9 Å². The second kappa shape index (κ2) is 20.1. The number of aliphatic carboxylic acids is 2. The van der Waals surface area contributed by atoms with Crippen molar-refractivity contribution in [1.82, 2.24) is 0 Å². The number of halogens is 2. The van der Waals surface area contributed by atoms with Gasteiger partial charge < -0.3 is 62.7 Å².